The molecule has 0 atom stereocenters. The molecule has 0 aliphatic carbocycles. The fraction of sp³-hybridized carbons (Fsp3) is 0.312. The second kappa shape index (κ2) is 6.25. The molecule has 2 aromatic rings. The van der Waals surface area contributed by atoms with E-state index >= 15 is 0 Å². The Labute approximate surface area is 124 Å². The zero-order chi connectivity index (χ0) is 14.7. The molecule has 0 bridgehead atoms. The van der Waals surface area contributed by atoms with E-state index in [1.165, 1.54) is 0 Å². The molecule has 1 heterocycles. The second-order valence-corrected chi connectivity index (χ2v) is 5.59. The van der Waals surface area contributed by atoms with Gasteiger partial charge in [0.1, 0.15) is 0 Å². The lowest BCUT2D eigenvalue weighted by molar-refractivity contribution is 0.0942. The number of benzene rings is 1. The molecule has 0 aliphatic rings. The molecular weight excluding hydrogens is 272 g/mol. The highest BCUT2D eigenvalue weighted by molar-refractivity contribution is 6.31. The number of aromatic amines is 1. The number of hydrogen-bond donors (Lipinski definition) is 1. The number of aromatic nitrogens is 1. The van der Waals surface area contributed by atoms with Crippen LogP contribution in [0, 0.1) is 13.8 Å². The number of likely N-dealkylation sites (N-methyl/N-ethyl adjacent to an activating group) is 1. The SMILES string of the molecule is Cc1cc(C(=O)CN(C)Cc2ccccc2Cl)c(C)[nH]1. The fourth-order valence-electron chi connectivity index (χ4n) is 2.32. The van der Waals surface area contributed by atoms with Crippen molar-refractivity contribution in [3.05, 3.63) is 57.9 Å². The van der Waals surface area contributed by atoms with Crippen LogP contribution in [-0.4, -0.2) is 29.3 Å². The number of carbonyl (C=O) groups excluding carboxylic acids is 1. The molecular formula is C16H19ClN2O. The molecule has 2 rings (SSSR count). The molecule has 106 valence electrons. The molecule has 0 fully saturated rings. The van der Waals surface area contributed by atoms with Gasteiger partial charge < -0.3 is 4.98 Å². The summed E-state index contributed by atoms with van der Waals surface area (Å²) in [6, 6.07) is 9.61. The smallest absolute Gasteiger partial charge is 0.178 e. The van der Waals surface area contributed by atoms with Crippen molar-refractivity contribution in [3.63, 3.8) is 0 Å². The molecule has 0 unspecified atom stereocenters. The molecule has 1 N–H and O–H groups in total. The van der Waals surface area contributed by atoms with E-state index in [0.29, 0.717) is 13.1 Å². The molecule has 0 spiro atoms. The van der Waals surface area contributed by atoms with E-state index in [1.807, 2.05) is 56.1 Å². The van der Waals surface area contributed by atoms with Crippen LogP contribution in [-0.2, 0) is 6.54 Å². The molecule has 0 amide bonds. The Bertz CT molecular complexity index is 619. The third-order valence-corrected chi connectivity index (χ3v) is 3.63. The fourth-order valence-corrected chi connectivity index (χ4v) is 2.51. The molecule has 20 heavy (non-hydrogen) atoms. The van der Waals surface area contributed by atoms with Crippen molar-refractivity contribution in [1.29, 1.82) is 0 Å². The maximum absolute atomic E-state index is 12.3. The lowest BCUT2D eigenvalue weighted by Crippen LogP contribution is -2.25. The summed E-state index contributed by atoms with van der Waals surface area (Å²) in [5.41, 5.74) is 3.75. The largest absolute Gasteiger partial charge is 0.362 e. The number of nitrogens with one attached hydrogen (secondary N) is 1. The van der Waals surface area contributed by atoms with Crippen LogP contribution in [0.4, 0.5) is 0 Å². The molecule has 0 aliphatic heterocycles. The van der Waals surface area contributed by atoms with Gasteiger partial charge in [-0.2, -0.15) is 0 Å². The summed E-state index contributed by atoms with van der Waals surface area (Å²) in [7, 11) is 1.93. The highest BCUT2D eigenvalue weighted by atomic mass is 35.5. The van der Waals surface area contributed by atoms with Crippen molar-refractivity contribution in [2.45, 2.75) is 20.4 Å². The van der Waals surface area contributed by atoms with Gasteiger partial charge in [-0.3, -0.25) is 9.69 Å². The summed E-state index contributed by atoms with van der Waals surface area (Å²) in [5, 5.41) is 0.737. The number of Topliss-reactive ketones (excluding diaryl/α,β-unsaturated/α-hetero) is 1. The Hall–Kier alpha value is -1.58. The Morgan fingerprint density at radius 3 is 2.60 bits per heavy atom. The first-order valence-electron chi connectivity index (χ1n) is 6.58. The molecule has 0 radical (unpaired) electrons. The number of ketones is 1. The van der Waals surface area contributed by atoms with Crippen LogP contribution in [0.25, 0.3) is 0 Å². The van der Waals surface area contributed by atoms with E-state index in [-0.39, 0.29) is 5.78 Å². The number of carbonyl (C=O) groups is 1. The summed E-state index contributed by atoms with van der Waals surface area (Å²) < 4.78 is 0. The van der Waals surface area contributed by atoms with Crippen molar-refractivity contribution in [3.8, 4) is 0 Å². The third-order valence-electron chi connectivity index (χ3n) is 3.26. The number of hydrogen-bond acceptors (Lipinski definition) is 2. The van der Waals surface area contributed by atoms with E-state index in [4.69, 9.17) is 11.6 Å². The summed E-state index contributed by atoms with van der Waals surface area (Å²) in [4.78, 5) is 17.4. The molecule has 1 aromatic heterocycles. The first-order chi connectivity index (χ1) is 9.47. The average Bonchev–Trinajstić information content (AvgIpc) is 2.71. The maximum atomic E-state index is 12.3. The van der Waals surface area contributed by atoms with Gasteiger partial charge >= 0.3 is 0 Å². The predicted molar refractivity (Wildman–Crippen MR) is 82.4 cm³/mol. The first-order valence-corrected chi connectivity index (χ1v) is 6.96. The normalized spacial score (nSPS) is 11.1. The van der Waals surface area contributed by atoms with Gasteiger partial charge in [0, 0.05) is 28.5 Å². The van der Waals surface area contributed by atoms with Crippen molar-refractivity contribution in [1.82, 2.24) is 9.88 Å². The number of nitrogens with zero attached hydrogens (tertiary/aromatic N) is 1. The lowest BCUT2D eigenvalue weighted by atomic mass is 10.1. The van der Waals surface area contributed by atoms with Gasteiger partial charge in [-0.1, -0.05) is 29.8 Å². The van der Waals surface area contributed by atoms with Crippen LogP contribution in [0.15, 0.2) is 30.3 Å². The topological polar surface area (TPSA) is 36.1 Å². The molecule has 1 aromatic carbocycles. The van der Waals surface area contributed by atoms with Gasteiger partial charge in [-0.15, -0.1) is 0 Å². The van der Waals surface area contributed by atoms with E-state index < -0.39 is 0 Å². The Kier molecular flexibility index (Phi) is 4.63. The minimum atomic E-state index is 0.126. The highest BCUT2D eigenvalue weighted by Gasteiger charge is 2.14. The highest BCUT2D eigenvalue weighted by Crippen LogP contribution is 2.17. The standard InChI is InChI=1S/C16H19ClN2O/c1-11-8-14(12(2)18-11)16(20)10-19(3)9-13-6-4-5-7-15(13)17/h4-8,18H,9-10H2,1-3H3. The van der Waals surface area contributed by atoms with Gasteiger partial charge in [0.25, 0.3) is 0 Å². The van der Waals surface area contributed by atoms with E-state index in [1.54, 1.807) is 0 Å². The maximum Gasteiger partial charge on any atom is 0.178 e. The van der Waals surface area contributed by atoms with Gasteiger partial charge in [-0.05, 0) is 38.6 Å². The summed E-state index contributed by atoms with van der Waals surface area (Å²) in [6.07, 6.45) is 0. The third kappa shape index (κ3) is 3.50. The molecule has 0 saturated carbocycles. The monoisotopic (exact) mass is 290 g/mol. The number of H-pyrrole nitrogens is 1. The summed E-state index contributed by atoms with van der Waals surface area (Å²) in [5.74, 6) is 0.126. The van der Waals surface area contributed by atoms with Gasteiger partial charge in [0.15, 0.2) is 5.78 Å². The van der Waals surface area contributed by atoms with Crippen molar-refractivity contribution in [2.75, 3.05) is 13.6 Å². The molecule has 4 heteroatoms. The molecule has 3 nitrogen and oxygen atoms in total. The first kappa shape index (κ1) is 14.8. The van der Waals surface area contributed by atoms with Crippen LogP contribution in [0.5, 0.6) is 0 Å². The number of halogens is 1. The van der Waals surface area contributed by atoms with Gasteiger partial charge in [0.05, 0.1) is 6.54 Å². The van der Waals surface area contributed by atoms with Crippen LogP contribution in [0.2, 0.25) is 5.02 Å². The van der Waals surface area contributed by atoms with Crippen molar-refractivity contribution in [2.24, 2.45) is 0 Å². The van der Waals surface area contributed by atoms with Crippen molar-refractivity contribution < 1.29 is 4.79 Å². The quantitative estimate of drug-likeness (QED) is 0.854. The van der Waals surface area contributed by atoms with Crippen LogP contribution in [0.1, 0.15) is 27.3 Å². The Balaban J connectivity index is 2.01. The average molecular weight is 291 g/mol. The Morgan fingerprint density at radius 1 is 1.30 bits per heavy atom. The second-order valence-electron chi connectivity index (χ2n) is 5.18. The predicted octanol–water partition coefficient (Wildman–Crippen LogP) is 3.60. The van der Waals surface area contributed by atoms with Crippen LogP contribution >= 0.6 is 11.6 Å². The van der Waals surface area contributed by atoms with Gasteiger partial charge in [-0.25, -0.2) is 0 Å². The zero-order valence-electron chi connectivity index (χ0n) is 12.0. The minimum Gasteiger partial charge on any atom is -0.362 e. The number of aryl methyl sites for hydroxylation is 2. The summed E-state index contributed by atoms with van der Waals surface area (Å²) in [6.45, 7) is 4.92. The zero-order valence-corrected chi connectivity index (χ0v) is 12.8. The van der Waals surface area contributed by atoms with Crippen LogP contribution < -0.4 is 0 Å². The van der Waals surface area contributed by atoms with Gasteiger partial charge in [0.2, 0.25) is 0 Å². The van der Waals surface area contributed by atoms with E-state index in [2.05, 4.69) is 4.98 Å². The number of rotatable bonds is 5. The lowest BCUT2D eigenvalue weighted by Gasteiger charge is -2.16. The van der Waals surface area contributed by atoms with E-state index in [0.717, 1.165) is 27.5 Å². The van der Waals surface area contributed by atoms with E-state index in [9.17, 15) is 4.79 Å². The van der Waals surface area contributed by atoms with Crippen LogP contribution in [0.3, 0.4) is 0 Å². The Morgan fingerprint density at radius 2 is 2.00 bits per heavy atom. The van der Waals surface area contributed by atoms with Crippen molar-refractivity contribution >= 4 is 17.4 Å². The minimum absolute atomic E-state index is 0.126. The summed E-state index contributed by atoms with van der Waals surface area (Å²) >= 11 is 6.13. The molecule has 0 saturated heterocycles.